The van der Waals surface area contributed by atoms with Crippen LogP contribution >= 0.6 is 23.5 Å². The van der Waals surface area contributed by atoms with Crippen molar-refractivity contribution in [2.45, 2.75) is 62.4 Å². The van der Waals surface area contributed by atoms with Crippen LogP contribution in [0.5, 0.6) is 0 Å². The van der Waals surface area contributed by atoms with Crippen LogP contribution in [0.1, 0.15) is 58.3 Å². The predicted octanol–water partition coefficient (Wildman–Crippen LogP) is 5.06. The van der Waals surface area contributed by atoms with E-state index in [-0.39, 0.29) is 0 Å². The Balaban J connectivity index is 2.33. The minimum Gasteiger partial charge on any atom is -0.303 e. The average molecular weight is 287 g/mol. The van der Waals surface area contributed by atoms with Gasteiger partial charge in [-0.15, -0.1) is 23.5 Å². The molecule has 1 nitrogen and oxygen atoms in total. The van der Waals surface area contributed by atoms with Gasteiger partial charge < -0.3 is 4.79 Å². The van der Waals surface area contributed by atoms with E-state index in [2.05, 4.69) is 42.6 Å². The molecule has 0 unspecified atom stereocenters. The second kappa shape index (κ2) is 9.96. The van der Waals surface area contributed by atoms with Crippen molar-refractivity contribution in [3.05, 3.63) is 12.2 Å². The normalized spacial score (nSPS) is 19.2. The largest absolute Gasteiger partial charge is 0.303 e. The van der Waals surface area contributed by atoms with Crippen molar-refractivity contribution in [1.82, 2.24) is 0 Å². The van der Waals surface area contributed by atoms with Gasteiger partial charge in [0.2, 0.25) is 0 Å². The average Bonchev–Trinajstić information content (AvgIpc) is 2.42. The zero-order chi connectivity index (χ0) is 13.1. The Kier molecular flexibility index (Phi) is 8.95. The van der Waals surface area contributed by atoms with Crippen molar-refractivity contribution >= 4 is 29.8 Å². The lowest BCUT2D eigenvalue weighted by molar-refractivity contribution is -0.107. The molecule has 3 heteroatoms. The number of unbranched alkanes of at least 4 members (excludes halogenated alkanes) is 3. The molecule has 0 saturated carbocycles. The molecule has 0 N–H and O–H groups in total. The van der Waals surface area contributed by atoms with Crippen molar-refractivity contribution in [2.24, 2.45) is 0 Å². The second-order valence-electron chi connectivity index (χ2n) is 4.84. The van der Waals surface area contributed by atoms with Crippen molar-refractivity contribution in [3.63, 3.8) is 0 Å². The summed E-state index contributed by atoms with van der Waals surface area (Å²) in [5, 5.41) is 0. The van der Waals surface area contributed by atoms with E-state index in [4.69, 9.17) is 0 Å². The maximum atomic E-state index is 10.6. The van der Waals surface area contributed by atoms with Crippen LogP contribution in [0, 0.1) is 0 Å². The summed E-state index contributed by atoms with van der Waals surface area (Å²) in [7, 11) is 0. The molecule has 1 rings (SSSR count). The molecule has 18 heavy (non-hydrogen) atoms. The lowest BCUT2D eigenvalue weighted by Gasteiger charge is -2.35. The van der Waals surface area contributed by atoms with E-state index in [0.717, 1.165) is 19.1 Å². The number of aldehydes is 1. The minimum atomic E-state index is 0.292. The van der Waals surface area contributed by atoms with Crippen molar-refractivity contribution in [1.29, 1.82) is 0 Å². The summed E-state index contributed by atoms with van der Waals surface area (Å²) in [6.07, 6.45) is 15.1. The van der Waals surface area contributed by atoms with Gasteiger partial charge in [-0.25, -0.2) is 0 Å². The Labute approximate surface area is 121 Å². The molecule has 0 aromatic rings. The third-order valence-electron chi connectivity index (χ3n) is 3.23. The van der Waals surface area contributed by atoms with E-state index < -0.39 is 0 Å². The number of carbonyl (C=O) groups is 1. The van der Waals surface area contributed by atoms with E-state index in [1.807, 2.05) is 0 Å². The highest BCUT2D eigenvalue weighted by molar-refractivity contribution is 8.18. The van der Waals surface area contributed by atoms with E-state index in [1.165, 1.54) is 43.6 Å². The van der Waals surface area contributed by atoms with E-state index in [0.29, 0.717) is 10.5 Å². The molecular formula is C15H26OS2. The molecule has 104 valence electrons. The third kappa shape index (κ3) is 6.33. The van der Waals surface area contributed by atoms with E-state index in [1.54, 1.807) is 0 Å². The molecule has 0 radical (unpaired) electrons. The highest BCUT2D eigenvalue weighted by Crippen LogP contribution is 2.48. The quantitative estimate of drug-likeness (QED) is 0.335. The van der Waals surface area contributed by atoms with E-state index in [9.17, 15) is 4.79 Å². The summed E-state index contributed by atoms with van der Waals surface area (Å²) in [6.45, 7) is 2.24. The Morgan fingerprint density at radius 3 is 2.56 bits per heavy atom. The highest BCUT2D eigenvalue weighted by Gasteiger charge is 2.31. The molecule has 1 aliphatic rings. The molecule has 0 amide bonds. The van der Waals surface area contributed by atoms with Crippen molar-refractivity contribution < 1.29 is 4.79 Å². The molecule has 1 heterocycles. The maximum absolute atomic E-state index is 10.6. The molecule has 0 spiro atoms. The summed E-state index contributed by atoms with van der Waals surface area (Å²) < 4.78 is 0.292. The first kappa shape index (κ1) is 16.2. The Hall–Kier alpha value is 0.110. The van der Waals surface area contributed by atoms with Crippen LogP contribution in [-0.2, 0) is 4.79 Å². The Morgan fingerprint density at radius 2 is 1.89 bits per heavy atom. The second-order valence-corrected chi connectivity index (χ2v) is 8.05. The predicted molar refractivity (Wildman–Crippen MR) is 85.5 cm³/mol. The number of allylic oxidation sites excluding steroid dienone is 2. The summed E-state index contributed by atoms with van der Waals surface area (Å²) in [5.74, 6) is 2.52. The standard InChI is InChI=1S/C15H26OS2/c1-2-3-4-5-6-7-10-15(11-8-12-16)17-13-9-14-18-15/h6-7,12H,2-5,8-11,13-14H2,1H3/b7-6-. The van der Waals surface area contributed by atoms with Crippen molar-refractivity contribution in [3.8, 4) is 0 Å². The van der Waals surface area contributed by atoms with Gasteiger partial charge in [0.15, 0.2) is 0 Å². The molecule has 1 saturated heterocycles. The van der Waals surface area contributed by atoms with Gasteiger partial charge in [0, 0.05) is 6.42 Å². The number of hydrogen-bond donors (Lipinski definition) is 0. The monoisotopic (exact) mass is 286 g/mol. The topological polar surface area (TPSA) is 17.1 Å². The van der Waals surface area contributed by atoms with Crippen LogP contribution in [0.4, 0.5) is 0 Å². The SMILES string of the molecule is CCCCC/C=C\CC1(CCC=O)SCCCS1. The van der Waals surface area contributed by atoms with Crippen LogP contribution in [0.25, 0.3) is 0 Å². The van der Waals surface area contributed by atoms with Gasteiger partial charge in [-0.05, 0) is 43.6 Å². The molecular weight excluding hydrogens is 260 g/mol. The van der Waals surface area contributed by atoms with Gasteiger partial charge in [-0.2, -0.15) is 0 Å². The summed E-state index contributed by atoms with van der Waals surface area (Å²) in [6, 6.07) is 0. The van der Waals surface area contributed by atoms with Crippen LogP contribution in [-0.4, -0.2) is 21.9 Å². The van der Waals surface area contributed by atoms with Gasteiger partial charge >= 0.3 is 0 Å². The van der Waals surface area contributed by atoms with Gasteiger partial charge in [-0.3, -0.25) is 0 Å². The fourth-order valence-electron chi connectivity index (χ4n) is 2.15. The van der Waals surface area contributed by atoms with Crippen LogP contribution in [0.2, 0.25) is 0 Å². The number of rotatable bonds is 9. The van der Waals surface area contributed by atoms with Gasteiger partial charge in [0.1, 0.15) is 6.29 Å². The maximum Gasteiger partial charge on any atom is 0.120 e. The number of hydrogen-bond acceptors (Lipinski definition) is 3. The minimum absolute atomic E-state index is 0.292. The van der Waals surface area contributed by atoms with E-state index >= 15 is 0 Å². The molecule has 0 aromatic carbocycles. The number of thioether (sulfide) groups is 2. The van der Waals surface area contributed by atoms with Gasteiger partial charge in [-0.1, -0.05) is 31.9 Å². The first-order chi connectivity index (χ1) is 8.83. The molecule has 0 aromatic heterocycles. The first-order valence-corrected chi connectivity index (χ1v) is 9.16. The van der Waals surface area contributed by atoms with Crippen LogP contribution < -0.4 is 0 Å². The number of carbonyl (C=O) groups excluding carboxylic acids is 1. The molecule has 0 bridgehead atoms. The third-order valence-corrected chi connectivity index (χ3v) is 6.72. The Morgan fingerprint density at radius 1 is 1.11 bits per heavy atom. The van der Waals surface area contributed by atoms with Crippen LogP contribution in [0.3, 0.4) is 0 Å². The lowest BCUT2D eigenvalue weighted by atomic mass is 10.1. The zero-order valence-electron chi connectivity index (χ0n) is 11.5. The van der Waals surface area contributed by atoms with Crippen LogP contribution in [0.15, 0.2) is 12.2 Å². The smallest absolute Gasteiger partial charge is 0.120 e. The summed E-state index contributed by atoms with van der Waals surface area (Å²) in [5.41, 5.74) is 0. The Bertz CT molecular complexity index is 245. The lowest BCUT2D eigenvalue weighted by Crippen LogP contribution is -2.24. The first-order valence-electron chi connectivity index (χ1n) is 7.19. The molecule has 1 fully saturated rings. The van der Waals surface area contributed by atoms with Crippen molar-refractivity contribution in [2.75, 3.05) is 11.5 Å². The zero-order valence-corrected chi connectivity index (χ0v) is 13.2. The summed E-state index contributed by atoms with van der Waals surface area (Å²) in [4.78, 5) is 10.6. The fraction of sp³-hybridized carbons (Fsp3) is 0.800. The summed E-state index contributed by atoms with van der Waals surface area (Å²) >= 11 is 4.14. The molecule has 0 aliphatic carbocycles. The van der Waals surface area contributed by atoms with Gasteiger partial charge in [0.25, 0.3) is 0 Å². The molecule has 1 aliphatic heterocycles. The highest BCUT2D eigenvalue weighted by atomic mass is 32.2. The molecule has 0 atom stereocenters. The van der Waals surface area contributed by atoms with Gasteiger partial charge in [0.05, 0.1) is 4.08 Å². The fourth-order valence-corrected chi connectivity index (χ4v) is 5.44.